The molecule has 1 aliphatic rings. The van der Waals surface area contributed by atoms with E-state index in [1.165, 1.54) is 0 Å². The van der Waals surface area contributed by atoms with Gasteiger partial charge in [-0.3, -0.25) is 0 Å². The van der Waals surface area contributed by atoms with Crippen molar-refractivity contribution in [3.8, 4) is 0 Å². The van der Waals surface area contributed by atoms with Gasteiger partial charge in [0.05, 0.1) is 11.6 Å². The molecule has 2 heterocycles. The first-order valence-corrected chi connectivity index (χ1v) is 5.50. The summed E-state index contributed by atoms with van der Waals surface area (Å²) in [7, 11) is 0. The quantitative estimate of drug-likeness (QED) is 0.790. The summed E-state index contributed by atoms with van der Waals surface area (Å²) < 4.78 is 5.57. The van der Waals surface area contributed by atoms with Crippen molar-refractivity contribution < 1.29 is 4.74 Å². The van der Waals surface area contributed by atoms with E-state index in [9.17, 15) is 0 Å². The lowest BCUT2D eigenvalue weighted by Crippen LogP contribution is -2.41. The summed E-state index contributed by atoms with van der Waals surface area (Å²) in [6, 6.07) is 0. The molecule has 1 aromatic rings. The van der Waals surface area contributed by atoms with Crippen LogP contribution in [0.25, 0.3) is 0 Å². The number of nitrogens with zero attached hydrogens (tertiary/aromatic N) is 2. The first-order valence-electron chi connectivity index (χ1n) is 5.50. The number of ether oxygens (including phenoxy) is 1. The van der Waals surface area contributed by atoms with Gasteiger partial charge in [0.2, 0.25) is 5.95 Å². The highest BCUT2D eigenvalue weighted by atomic mass is 16.5. The third-order valence-electron chi connectivity index (χ3n) is 3.28. The van der Waals surface area contributed by atoms with Gasteiger partial charge in [-0.05, 0) is 27.2 Å². The molecule has 2 unspecified atom stereocenters. The van der Waals surface area contributed by atoms with Gasteiger partial charge in [0.1, 0.15) is 5.82 Å². The molecule has 0 aliphatic carbocycles. The van der Waals surface area contributed by atoms with Gasteiger partial charge >= 0.3 is 0 Å². The van der Waals surface area contributed by atoms with Crippen molar-refractivity contribution in [2.24, 2.45) is 0 Å². The van der Waals surface area contributed by atoms with Crippen LogP contribution in [0.15, 0.2) is 6.20 Å². The van der Waals surface area contributed by atoms with E-state index in [0.29, 0.717) is 5.95 Å². The summed E-state index contributed by atoms with van der Waals surface area (Å²) in [5.74, 6) is 1.09. The predicted octanol–water partition coefficient (Wildman–Crippen LogP) is 1.35. The van der Waals surface area contributed by atoms with Crippen molar-refractivity contribution in [2.75, 3.05) is 17.7 Å². The minimum absolute atomic E-state index is 0.0778. The monoisotopic (exact) mass is 222 g/mol. The van der Waals surface area contributed by atoms with E-state index < -0.39 is 0 Å². The fraction of sp³-hybridized carbons (Fsp3) is 0.636. The molecule has 1 saturated heterocycles. The number of nitrogens with two attached hydrogens (primary N) is 1. The second kappa shape index (κ2) is 3.90. The standard InChI is InChI=1S/C11H18N4O/c1-7-6-13-10(12)14-9(7)15-11(3)4-5-16-8(11)2/h6,8H,4-5H2,1-3H3,(H3,12,13,14,15). The first-order chi connectivity index (χ1) is 7.51. The maximum absolute atomic E-state index is 5.59. The molecule has 1 aromatic heterocycles. The average molecular weight is 222 g/mol. The molecule has 1 aliphatic heterocycles. The molecule has 16 heavy (non-hydrogen) atoms. The van der Waals surface area contributed by atoms with Gasteiger partial charge in [-0.25, -0.2) is 4.98 Å². The van der Waals surface area contributed by atoms with Gasteiger partial charge in [0, 0.05) is 18.4 Å². The zero-order valence-corrected chi connectivity index (χ0v) is 9.95. The van der Waals surface area contributed by atoms with Gasteiger partial charge < -0.3 is 15.8 Å². The molecule has 1 fully saturated rings. The third-order valence-corrected chi connectivity index (χ3v) is 3.28. The largest absolute Gasteiger partial charge is 0.376 e. The maximum Gasteiger partial charge on any atom is 0.221 e. The van der Waals surface area contributed by atoms with Crippen LogP contribution in [-0.2, 0) is 4.74 Å². The molecule has 3 N–H and O–H groups in total. The Morgan fingerprint density at radius 2 is 2.38 bits per heavy atom. The second-order valence-electron chi connectivity index (χ2n) is 4.57. The molecule has 2 rings (SSSR count). The molecule has 0 bridgehead atoms. The Kier molecular flexibility index (Phi) is 2.71. The maximum atomic E-state index is 5.59. The lowest BCUT2D eigenvalue weighted by atomic mass is 9.94. The van der Waals surface area contributed by atoms with Crippen molar-refractivity contribution in [2.45, 2.75) is 38.8 Å². The summed E-state index contributed by atoms with van der Waals surface area (Å²) in [5, 5.41) is 3.42. The van der Waals surface area contributed by atoms with E-state index in [-0.39, 0.29) is 11.6 Å². The second-order valence-corrected chi connectivity index (χ2v) is 4.57. The molecular formula is C11H18N4O. The SMILES string of the molecule is Cc1cnc(N)nc1NC1(C)CCOC1C. The van der Waals surface area contributed by atoms with Crippen LogP contribution in [0.3, 0.4) is 0 Å². The normalized spacial score (nSPS) is 29.3. The Morgan fingerprint density at radius 1 is 1.62 bits per heavy atom. The van der Waals surface area contributed by atoms with E-state index in [1.807, 2.05) is 6.92 Å². The number of anilines is 2. The van der Waals surface area contributed by atoms with Gasteiger partial charge in [0.25, 0.3) is 0 Å². The minimum atomic E-state index is -0.0778. The van der Waals surface area contributed by atoms with Crippen molar-refractivity contribution >= 4 is 11.8 Å². The van der Waals surface area contributed by atoms with Crippen LogP contribution < -0.4 is 11.1 Å². The molecule has 0 radical (unpaired) electrons. The van der Waals surface area contributed by atoms with Crippen LogP contribution in [0.2, 0.25) is 0 Å². The zero-order valence-electron chi connectivity index (χ0n) is 9.95. The van der Waals surface area contributed by atoms with Crippen LogP contribution in [0.1, 0.15) is 25.8 Å². The van der Waals surface area contributed by atoms with Crippen molar-refractivity contribution in [3.05, 3.63) is 11.8 Å². The van der Waals surface area contributed by atoms with Crippen molar-refractivity contribution in [1.29, 1.82) is 0 Å². The highest BCUT2D eigenvalue weighted by Gasteiger charge is 2.37. The van der Waals surface area contributed by atoms with Crippen molar-refractivity contribution in [3.63, 3.8) is 0 Å². The Hall–Kier alpha value is -1.36. The van der Waals surface area contributed by atoms with E-state index >= 15 is 0 Å². The fourth-order valence-electron chi connectivity index (χ4n) is 1.85. The number of aryl methyl sites for hydroxylation is 1. The summed E-state index contributed by atoms with van der Waals surface area (Å²) in [4.78, 5) is 8.17. The van der Waals surface area contributed by atoms with Crippen LogP contribution in [-0.4, -0.2) is 28.2 Å². The third kappa shape index (κ3) is 1.95. The molecular weight excluding hydrogens is 204 g/mol. The number of hydrogen-bond acceptors (Lipinski definition) is 5. The fourth-order valence-corrected chi connectivity index (χ4v) is 1.85. The van der Waals surface area contributed by atoms with E-state index in [2.05, 4.69) is 29.1 Å². The summed E-state index contributed by atoms with van der Waals surface area (Å²) in [5.41, 5.74) is 6.50. The lowest BCUT2D eigenvalue weighted by Gasteiger charge is -2.30. The zero-order chi connectivity index (χ0) is 11.8. The van der Waals surface area contributed by atoms with E-state index in [0.717, 1.165) is 24.4 Å². The molecule has 2 atom stereocenters. The van der Waals surface area contributed by atoms with Gasteiger partial charge in [-0.2, -0.15) is 4.98 Å². The Morgan fingerprint density at radius 3 is 3.00 bits per heavy atom. The smallest absolute Gasteiger partial charge is 0.221 e. The molecule has 0 amide bonds. The van der Waals surface area contributed by atoms with Crippen LogP contribution in [0.5, 0.6) is 0 Å². The average Bonchev–Trinajstić information content (AvgIpc) is 2.53. The van der Waals surface area contributed by atoms with Gasteiger partial charge in [0.15, 0.2) is 0 Å². The van der Waals surface area contributed by atoms with E-state index in [1.54, 1.807) is 6.20 Å². The Labute approximate surface area is 95.4 Å². The summed E-state index contributed by atoms with van der Waals surface area (Å²) in [6.45, 7) is 6.96. The predicted molar refractivity (Wildman–Crippen MR) is 63.2 cm³/mol. The Bertz CT molecular complexity index is 396. The number of aromatic nitrogens is 2. The number of rotatable bonds is 2. The number of nitrogen functional groups attached to an aromatic ring is 1. The molecule has 0 saturated carbocycles. The van der Waals surface area contributed by atoms with Gasteiger partial charge in [-0.15, -0.1) is 0 Å². The summed E-state index contributed by atoms with van der Waals surface area (Å²) in [6.07, 6.45) is 2.87. The number of hydrogen-bond donors (Lipinski definition) is 2. The van der Waals surface area contributed by atoms with Gasteiger partial charge in [-0.1, -0.05) is 0 Å². The molecule has 5 nitrogen and oxygen atoms in total. The van der Waals surface area contributed by atoms with Crippen LogP contribution in [0, 0.1) is 6.92 Å². The highest BCUT2D eigenvalue weighted by molar-refractivity contribution is 5.47. The number of nitrogens with one attached hydrogen (secondary N) is 1. The summed E-state index contributed by atoms with van der Waals surface area (Å²) >= 11 is 0. The van der Waals surface area contributed by atoms with E-state index in [4.69, 9.17) is 10.5 Å². The van der Waals surface area contributed by atoms with Crippen molar-refractivity contribution in [1.82, 2.24) is 9.97 Å². The molecule has 0 aromatic carbocycles. The lowest BCUT2D eigenvalue weighted by molar-refractivity contribution is 0.105. The Balaban J connectivity index is 2.23. The topological polar surface area (TPSA) is 73.1 Å². The molecule has 0 spiro atoms. The minimum Gasteiger partial charge on any atom is -0.376 e. The molecule has 88 valence electrons. The van der Waals surface area contributed by atoms with Crippen LogP contribution >= 0.6 is 0 Å². The molecule has 5 heteroatoms. The van der Waals surface area contributed by atoms with Crippen LogP contribution in [0.4, 0.5) is 11.8 Å². The first kappa shape index (κ1) is 11.1. The highest BCUT2D eigenvalue weighted by Crippen LogP contribution is 2.29.